The van der Waals surface area contributed by atoms with Crippen LogP contribution in [0.5, 0.6) is 5.75 Å². The van der Waals surface area contributed by atoms with Crippen LogP contribution in [0.2, 0.25) is 0 Å². The zero-order valence-corrected chi connectivity index (χ0v) is 19.2. The summed E-state index contributed by atoms with van der Waals surface area (Å²) in [4.78, 5) is 3.70. The van der Waals surface area contributed by atoms with E-state index in [1.165, 1.54) is 30.3 Å². The molecule has 1 N–H and O–H groups in total. The lowest BCUT2D eigenvalue weighted by Crippen LogP contribution is -2.48. The van der Waals surface area contributed by atoms with E-state index in [0.717, 1.165) is 29.3 Å². The van der Waals surface area contributed by atoms with Crippen LogP contribution in [0.4, 0.5) is 26.3 Å². The Morgan fingerprint density at radius 1 is 1.03 bits per heavy atom. The summed E-state index contributed by atoms with van der Waals surface area (Å²) in [7, 11) is 0. The first-order valence-corrected chi connectivity index (χ1v) is 10.8. The molecule has 0 saturated carbocycles. The summed E-state index contributed by atoms with van der Waals surface area (Å²) in [5.41, 5.74) is -4.99. The summed E-state index contributed by atoms with van der Waals surface area (Å²) < 4.78 is 90.7. The van der Waals surface area contributed by atoms with E-state index >= 15 is 8.78 Å². The minimum atomic E-state index is -4.20. The van der Waals surface area contributed by atoms with Gasteiger partial charge in [-0.15, -0.1) is 5.10 Å². The normalized spacial score (nSPS) is 13.1. The van der Waals surface area contributed by atoms with Gasteiger partial charge in [-0.25, -0.2) is 22.2 Å². The largest absolute Gasteiger partial charge is 0.481 e. The standard InChI is InChI=1S/C25H17F6N5O2/c26-18-6-9-20(21(27)12-18)24(37,14-36-15-33-34-35-36)25(30,31)22-10-3-16(13-32-22)2-1-11-38-19-7-4-17(5-8-19)23(28)29/h3-10,12-13,15,23,37H,11,14H2. The van der Waals surface area contributed by atoms with Gasteiger partial charge in [0, 0.05) is 29.0 Å². The van der Waals surface area contributed by atoms with Crippen LogP contribution in [-0.4, -0.2) is 36.9 Å². The number of rotatable bonds is 8. The van der Waals surface area contributed by atoms with Gasteiger partial charge in [0.15, 0.2) is 5.60 Å². The number of tetrazole rings is 1. The fraction of sp³-hybridized carbons (Fsp3) is 0.200. The number of nitrogens with zero attached hydrogens (tertiary/aromatic N) is 5. The van der Waals surface area contributed by atoms with Gasteiger partial charge in [0.1, 0.15) is 36.0 Å². The lowest BCUT2D eigenvalue weighted by molar-refractivity contribution is -0.207. The number of hydrogen-bond acceptors (Lipinski definition) is 6. The molecule has 0 fully saturated rings. The van der Waals surface area contributed by atoms with E-state index in [0.29, 0.717) is 17.9 Å². The van der Waals surface area contributed by atoms with Crippen molar-refractivity contribution in [3.05, 3.63) is 101 Å². The number of aliphatic hydroxyl groups is 1. The molecule has 7 nitrogen and oxygen atoms in total. The van der Waals surface area contributed by atoms with Crippen LogP contribution in [0.3, 0.4) is 0 Å². The molecule has 4 rings (SSSR count). The van der Waals surface area contributed by atoms with Gasteiger partial charge in [0.2, 0.25) is 0 Å². The van der Waals surface area contributed by atoms with Crippen LogP contribution in [0.15, 0.2) is 67.1 Å². The quantitative estimate of drug-likeness (QED) is 0.267. The van der Waals surface area contributed by atoms with Crippen molar-refractivity contribution in [2.24, 2.45) is 0 Å². The minimum Gasteiger partial charge on any atom is -0.481 e. The van der Waals surface area contributed by atoms with Crippen molar-refractivity contribution in [2.45, 2.75) is 24.5 Å². The second kappa shape index (κ2) is 10.9. The molecule has 38 heavy (non-hydrogen) atoms. The Kier molecular flexibility index (Phi) is 7.63. The topological polar surface area (TPSA) is 86.0 Å². The summed E-state index contributed by atoms with van der Waals surface area (Å²) in [5, 5.41) is 21.2. The highest BCUT2D eigenvalue weighted by Crippen LogP contribution is 2.46. The van der Waals surface area contributed by atoms with Crippen molar-refractivity contribution in [1.29, 1.82) is 0 Å². The first kappa shape index (κ1) is 26.6. The van der Waals surface area contributed by atoms with E-state index in [1.54, 1.807) is 0 Å². The number of aromatic nitrogens is 5. The Hall–Kier alpha value is -4.44. The number of ether oxygens (including phenoxy) is 1. The van der Waals surface area contributed by atoms with Gasteiger partial charge in [-0.2, -0.15) is 8.78 Å². The van der Waals surface area contributed by atoms with E-state index in [9.17, 15) is 22.7 Å². The molecule has 2 aromatic heterocycles. The zero-order valence-electron chi connectivity index (χ0n) is 19.2. The number of pyridine rings is 1. The minimum absolute atomic E-state index is 0.124. The van der Waals surface area contributed by atoms with Crippen LogP contribution >= 0.6 is 0 Å². The molecular formula is C25H17F6N5O2. The molecule has 1 atom stereocenters. The third-order valence-electron chi connectivity index (χ3n) is 5.44. The molecule has 0 aliphatic rings. The monoisotopic (exact) mass is 533 g/mol. The zero-order chi connectivity index (χ0) is 27.3. The second-order valence-corrected chi connectivity index (χ2v) is 7.96. The predicted octanol–water partition coefficient (Wildman–Crippen LogP) is 4.39. The molecule has 0 amide bonds. The summed E-state index contributed by atoms with van der Waals surface area (Å²) in [6.45, 7) is -1.10. The van der Waals surface area contributed by atoms with E-state index in [4.69, 9.17) is 4.74 Å². The van der Waals surface area contributed by atoms with Crippen LogP contribution in [0.25, 0.3) is 0 Å². The molecule has 0 spiro atoms. The van der Waals surface area contributed by atoms with Crippen molar-refractivity contribution in [2.75, 3.05) is 6.61 Å². The maximum absolute atomic E-state index is 15.7. The summed E-state index contributed by atoms with van der Waals surface area (Å²) in [6.07, 6.45) is -0.632. The molecule has 4 aromatic rings. The van der Waals surface area contributed by atoms with Gasteiger partial charge >= 0.3 is 5.92 Å². The molecule has 0 radical (unpaired) electrons. The van der Waals surface area contributed by atoms with E-state index in [1.807, 2.05) is 0 Å². The Labute approximate surface area is 211 Å². The fourth-order valence-corrected chi connectivity index (χ4v) is 3.50. The SMILES string of the molecule is OC(Cn1cnnn1)(c1ccc(F)cc1F)C(F)(F)c1ccc(C#CCOc2ccc(C(F)F)cc2)cn1. The van der Waals surface area contributed by atoms with Gasteiger partial charge in [-0.05, 0) is 59.0 Å². The van der Waals surface area contributed by atoms with Gasteiger partial charge < -0.3 is 9.84 Å². The molecular weight excluding hydrogens is 516 g/mol. The molecule has 1 unspecified atom stereocenters. The van der Waals surface area contributed by atoms with Crippen LogP contribution in [0.1, 0.15) is 28.8 Å². The van der Waals surface area contributed by atoms with Crippen molar-refractivity contribution in [1.82, 2.24) is 25.2 Å². The highest BCUT2D eigenvalue weighted by molar-refractivity contribution is 5.36. The molecule has 0 aliphatic carbocycles. The smallest absolute Gasteiger partial charge is 0.323 e. The maximum Gasteiger partial charge on any atom is 0.323 e. The summed E-state index contributed by atoms with van der Waals surface area (Å²) in [6, 6.07) is 9.09. The molecule has 0 saturated heterocycles. The molecule has 13 heteroatoms. The third-order valence-corrected chi connectivity index (χ3v) is 5.44. The number of alkyl halides is 4. The van der Waals surface area contributed by atoms with Crippen molar-refractivity contribution in [3.63, 3.8) is 0 Å². The molecule has 0 aliphatic heterocycles. The maximum atomic E-state index is 15.7. The number of halogens is 6. The first-order chi connectivity index (χ1) is 18.1. The van der Waals surface area contributed by atoms with Gasteiger partial charge in [0.25, 0.3) is 6.43 Å². The Bertz CT molecular complexity index is 1440. The molecule has 0 bridgehead atoms. The van der Waals surface area contributed by atoms with Gasteiger partial charge in [-0.3, -0.25) is 4.98 Å². The summed E-state index contributed by atoms with van der Waals surface area (Å²) >= 11 is 0. The lowest BCUT2D eigenvalue weighted by atomic mass is 9.84. The van der Waals surface area contributed by atoms with Crippen LogP contribution in [0, 0.1) is 23.5 Å². The number of hydrogen-bond donors (Lipinski definition) is 1. The molecule has 196 valence electrons. The van der Waals surface area contributed by atoms with E-state index < -0.39 is 47.4 Å². The Balaban J connectivity index is 1.54. The van der Waals surface area contributed by atoms with Crippen molar-refractivity contribution < 1.29 is 36.2 Å². The second-order valence-electron chi connectivity index (χ2n) is 7.96. The molecule has 2 heterocycles. The predicted molar refractivity (Wildman–Crippen MR) is 120 cm³/mol. The highest BCUT2D eigenvalue weighted by Gasteiger charge is 2.57. The van der Waals surface area contributed by atoms with E-state index in [-0.39, 0.29) is 17.7 Å². The fourth-order valence-electron chi connectivity index (χ4n) is 3.50. The van der Waals surface area contributed by atoms with Crippen molar-refractivity contribution in [3.8, 4) is 17.6 Å². The molecule has 2 aromatic carbocycles. The average Bonchev–Trinajstić information content (AvgIpc) is 3.40. The first-order valence-electron chi connectivity index (χ1n) is 10.8. The van der Waals surface area contributed by atoms with E-state index in [2.05, 4.69) is 32.4 Å². The highest BCUT2D eigenvalue weighted by atomic mass is 19.3. The van der Waals surface area contributed by atoms with Gasteiger partial charge in [0.05, 0.1) is 6.54 Å². The van der Waals surface area contributed by atoms with Gasteiger partial charge in [-0.1, -0.05) is 11.8 Å². The lowest BCUT2D eigenvalue weighted by Gasteiger charge is -2.35. The number of benzene rings is 2. The van der Waals surface area contributed by atoms with Crippen LogP contribution < -0.4 is 4.74 Å². The average molecular weight is 533 g/mol. The Morgan fingerprint density at radius 2 is 1.79 bits per heavy atom. The third kappa shape index (κ3) is 5.60. The Morgan fingerprint density at radius 3 is 2.39 bits per heavy atom. The summed E-state index contributed by atoms with van der Waals surface area (Å²) in [5.74, 6) is -1.02. The van der Waals surface area contributed by atoms with Crippen molar-refractivity contribution >= 4 is 0 Å². The van der Waals surface area contributed by atoms with Crippen LogP contribution in [-0.2, 0) is 18.1 Å².